The highest BCUT2D eigenvalue weighted by molar-refractivity contribution is 6.30. The van der Waals surface area contributed by atoms with Gasteiger partial charge in [0, 0.05) is 18.4 Å². The average Bonchev–Trinajstić information content (AvgIpc) is 2.72. The van der Waals surface area contributed by atoms with Gasteiger partial charge in [-0.1, -0.05) is 24.9 Å². The number of fused-ring (bicyclic) bond motifs is 1. The van der Waals surface area contributed by atoms with Gasteiger partial charge in [0.25, 0.3) is 5.91 Å². The average molecular weight is 266 g/mol. The summed E-state index contributed by atoms with van der Waals surface area (Å²) in [7, 11) is 0. The van der Waals surface area contributed by atoms with E-state index in [1.165, 1.54) is 0 Å². The van der Waals surface area contributed by atoms with Crippen LogP contribution in [0.3, 0.4) is 0 Å². The molecular weight excluding hydrogens is 250 g/mol. The van der Waals surface area contributed by atoms with E-state index in [4.69, 9.17) is 11.6 Å². The first-order valence-electron chi connectivity index (χ1n) is 6.05. The molecular formula is C13H16ClN3O. The van der Waals surface area contributed by atoms with Gasteiger partial charge in [0.2, 0.25) is 0 Å². The van der Waals surface area contributed by atoms with E-state index in [1.54, 1.807) is 28.9 Å². The molecule has 0 saturated heterocycles. The maximum absolute atomic E-state index is 12.0. The van der Waals surface area contributed by atoms with E-state index in [0.717, 1.165) is 12.8 Å². The van der Waals surface area contributed by atoms with Crippen LogP contribution in [-0.2, 0) is 0 Å². The van der Waals surface area contributed by atoms with E-state index < -0.39 is 0 Å². The minimum absolute atomic E-state index is 0.143. The van der Waals surface area contributed by atoms with Crippen molar-refractivity contribution in [3.63, 3.8) is 0 Å². The Balaban J connectivity index is 2.18. The zero-order chi connectivity index (χ0) is 13.1. The summed E-state index contributed by atoms with van der Waals surface area (Å²) in [6.07, 6.45) is 5.43. The Morgan fingerprint density at radius 3 is 3.00 bits per heavy atom. The lowest BCUT2D eigenvalue weighted by atomic mass is 10.2. The fourth-order valence-electron chi connectivity index (χ4n) is 1.88. The topological polar surface area (TPSA) is 46.4 Å². The van der Waals surface area contributed by atoms with Gasteiger partial charge in [-0.25, -0.2) is 4.98 Å². The third kappa shape index (κ3) is 2.82. The number of rotatable bonds is 4. The van der Waals surface area contributed by atoms with Gasteiger partial charge in [-0.15, -0.1) is 0 Å². The molecule has 0 unspecified atom stereocenters. The summed E-state index contributed by atoms with van der Waals surface area (Å²) < 4.78 is 1.75. The van der Waals surface area contributed by atoms with Crippen LogP contribution in [0.25, 0.3) is 5.65 Å². The second-order valence-electron chi connectivity index (χ2n) is 4.40. The first-order chi connectivity index (χ1) is 8.60. The molecule has 0 bridgehead atoms. The third-order valence-electron chi connectivity index (χ3n) is 2.75. The molecule has 2 heterocycles. The molecule has 0 fully saturated rings. The van der Waals surface area contributed by atoms with Crippen molar-refractivity contribution >= 4 is 23.2 Å². The monoisotopic (exact) mass is 265 g/mol. The Morgan fingerprint density at radius 2 is 2.28 bits per heavy atom. The van der Waals surface area contributed by atoms with Crippen molar-refractivity contribution in [3.8, 4) is 0 Å². The molecule has 4 nitrogen and oxygen atoms in total. The summed E-state index contributed by atoms with van der Waals surface area (Å²) in [5.74, 6) is -0.143. The zero-order valence-corrected chi connectivity index (χ0v) is 11.2. The second kappa shape index (κ2) is 5.40. The van der Waals surface area contributed by atoms with Crippen molar-refractivity contribution in [2.45, 2.75) is 32.7 Å². The van der Waals surface area contributed by atoms with E-state index in [1.807, 2.05) is 6.92 Å². The van der Waals surface area contributed by atoms with Gasteiger partial charge in [0.15, 0.2) is 0 Å². The van der Waals surface area contributed by atoms with E-state index in [-0.39, 0.29) is 11.9 Å². The summed E-state index contributed by atoms with van der Waals surface area (Å²) in [5, 5.41) is 3.54. The first kappa shape index (κ1) is 12.9. The van der Waals surface area contributed by atoms with Gasteiger partial charge >= 0.3 is 0 Å². The van der Waals surface area contributed by atoms with E-state index in [2.05, 4.69) is 17.2 Å². The van der Waals surface area contributed by atoms with Crippen LogP contribution in [0.2, 0.25) is 5.02 Å². The van der Waals surface area contributed by atoms with Crippen LogP contribution in [0.4, 0.5) is 0 Å². The molecule has 1 amide bonds. The lowest BCUT2D eigenvalue weighted by Gasteiger charge is -2.10. The van der Waals surface area contributed by atoms with E-state index in [0.29, 0.717) is 16.4 Å². The lowest BCUT2D eigenvalue weighted by molar-refractivity contribution is 0.0934. The quantitative estimate of drug-likeness (QED) is 0.924. The van der Waals surface area contributed by atoms with Gasteiger partial charge in [-0.05, 0) is 25.5 Å². The van der Waals surface area contributed by atoms with Crippen LogP contribution >= 0.6 is 11.6 Å². The Morgan fingerprint density at radius 1 is 1.50 bits per heavy atom. The highest BCUT2D eigenvalue weighted by atomic mass is 35.5. The number of carbonyl (C=O) groups excluding carboxylic acids is 1. The predicted molar refractivity (Wildman–Crippen MR) is 72.0 cm³/mol. The number of hydrogen-bond acceptors (Lipinski definition) is 2. The highest BCUT2D eigenvalue weighted by Crippen LogP contribution is 2.12. The molecule has 0 aromatic carbocycles. The molecule has 0 aliphatic rings. The molecule has 18 heavy (non-hydrogen) atoms. The maximum atomic E-state index is 12.0. The van der Waals surface area contributed by atoms with Crippen molar-refractivity contribution in [2.75, 3.05) is 0 Å². The summed E-state index contributed by atoms with van der Waals surface area (Å²) in [5.41, 5.74) is 1.13. The van der Waals surface area contributed by atoms with Crippen molar-refractivity contribution in [3.05, 3.63) is 35.2 Å². The number of imidazole rings is 1. The van der Waals surface area contributed by atoms with Gasteiger partial charge < -0.3 is 9.72 Å². The van der Waals surface area contributed by atoms with Crippen molar-refractivity contribution in [1.82, 2.24) is 14.7 Å². The predicted octanol–water partition coefficient (Wildman–Crippen LogP) is 2.91. The minimum Gasteiger partial charge on any atom is -0.348 e. The molecule has 96 valence electrons. The summed E-state index contributed by atoms with van der Waals surface area (Å²) in [6.45, 7) is 4.09. The normalized spacial score (nSPS) is 12.6. The Bertz CT molecular complexity index is 564. The molecule has 5 heteroatoms. The third-order valence-corrected chi connectivity index (χ3v) is 2.97. The van der Waals surface area contributed by atoms with Crippen LogP contribution < -0.4 is 5.32 Å². The zero-order valence-electron chi connectivity index (χ0n) is 10.5. The number of aromatic nitrogens is 2. The fourth-order valence-corrected chi connectivity index (χ4v) is 2.05. The molecule has 0 aliphatic heterocycles. The smallest absolute Gasteiger partial charge is 0.271 e. The maximum Gasteiger partial charge on any atom is 0.271 e. The van der Waals surface area contributed by atoms with Crippen LogP contribution in [0.1, 0.15) is 37.2 Å². The van der Waals surface area contributed by atoms with Crippen LogP contribution in [0.15, 0.2) is 24.5 Å². The Hall–Kier alpha value is -1.55. The highest BCUT2D eigenvalue weighted by Gasteiger charge is 2.12. The van der Waals surface area contributed by atoms with Crippen molar-refractivity contribution in [1.29, 1.82) is 0 Å². The number of carbonyl (C=O) groups is 1. The summed E-state index contributed by atoms with van der Waals surface area (Å²) >= 11 is 5.88. The number of nitrogens with one attached hydrogen (secondary N) is 1. The molecule has 2 aromatic rings. The molecule has 0 saturated carbocycles. The van der Waals surface area contributed by atoms with E-state index >= 15 is 0 Å². The molecule has 1 atom stereocenters. The Labute approximate surface area is 111 Å². The molecule has 2 aromatic heterocycles. The van der Waals surface area contributed by atoms with Crippen LogP contribution in [0, 0.1) is 0 Å². The molecule has 0 aliphatic carbocycles. The fraction of sp³-hybridized carbons (Fsp3) is 0.385. The molecule has 0 radical (unpaired) electrons. The van der Waals surface area contributed by atoms with Crippen molar-refractivity contribution < 1.29 is 4.79 Å². The SMILES string of the molecule is CCC[C@@H](C)NC(=O)c1cn2cc(Cl)ccc2n1. The van der Waals surface area contributed by atoms with E-state index in [9.17, 15) is 4.79 Å². The number of pyridine rings is 1. The summed E-state index contributed by atoms with van der Waals surface area (Å²) in [4.78, 5) is 16.2. The molecule has 2 rings (SSSR count). The van der Waals surface area contributed by atoms with Crippen LogP contribution in [-0.4, -0.2) is 21.3 Å². The largest absolute Gasteiger partial charge is 0.348 e. The van der Waals surface area contributed by atoms with Crippen molar-refractivity contribution in [2.24, 2.45) is 0 Å². The Kier molecular flexibility index (Phi) is 3.87. The van der Waals surface area contributed by atoms with Crippen LogP contribution in [0.5, 0.6) is 0 Å². The number of amides is 1. The number of halogens is 1. The minimum atomic E-state index is -0.143. The standard InChI is InChI=1S/C13H16ClN3O/c1-3-4-9(2)15-13(18)11-8-17-7-10(14)5-6-12(17)16-11/h5-9H,3-4H2,1-2H3,(H,15,18)/t9-/m1/s1. The van der Waals surface area contributed by atoms with Gasteiger partial charge in [-0.3, -0.25) is 4.79 Å². The van der Waals surface area contributed by atoms with Gasteiger partial charge in [0.1, 0.15) is 11.3 Å². The van der Waals surface area contributed by atoms with Gasteiger partial charge in [0.05, 0.1) is 5.02 Å². The first-order valence-corrected chi connectivity index (χ1v) is 6.43. The number of nitrogens with zero attached hydrogens (tertiary/aromatic N) is 2. The van der Waals surface area contributed by atoms with Gasteiger partial charge in [-0.2, -0.15) is 0 Å². The second-order valence-corrected chi connectivity index (χ2v) is 4.84. The number of hydrogen-bond donors (Lipinski definition) is 1. The lowest BCUT2D eigenvalue weighted by Crippen LogP contribution is -2.32. The molecule has 0 spiro atoms. The molecule has 1 N–H and O–H groups in total. The summed E-state index contributed by atoms with van der Waals surface area (Å²) in [6, 6.07) is 3.70.